The molecule has 0 aliphatic carbocycles. The molecule has 0 saturated heterocycles. The third-order valence-electron chi connectivity index (χ3n) is 7.23. The van der Waals surface area contributed by atoms with Crippen molar-refractivity contribution in [1.29, 1.82) is 0 Å². The standard InChI is InChI=1S/C35H56/c1-23(24-20-18-17-19-21-24)22-25-26(31(2,3)4)28(33(8,9)10)30(35(14,15)16)29(34(11,12)13)27(25)32(5,6)7/h17-21,23H,22H2,1-16H3. The van der Waals surface area contributed by atoms with E-state index in [9.17, 15) is 0 Å². The Balaban J connectivity index is 3.28. The Labute approximate surface area is 219 Å². The molecule has 1 unspecified atom stereocenters. The maximum Gasteiger partial charge on any atom is -0.0126 e. The molecular weight excluding hydrogens is 420 g/mol. The molecule has 1 atom stereocenters. The zero-order valence-electron chi connectivity index (χ0n) is 26.2. The molecule has 0 saturated carbocycles. The molecule has 0 N–H and O–H groups in total. The molecule has 0 aliphatic rings. The summed E-state index contributed by atoms with van der Waals surface area (Å²) >= 11 is 0. The maximum absolute atomic E-state index is 2.43. The Morgan fingerprint density at radius 2 is 0.743 bits per heavy atom. The van der Waals surface area contributed by atoms with Crippen LogP contribution in [0, 0.1) is 0 Å². The predicted molar refractivity (Wildman–Crippen MR) is 159 cm³/mol. The van der Waals surface area contributed by atoms with Crippen molar-refractivity contribution in [3.63, 3.8) is 0 Å². The summed E-state index contributed by atoms with van der Waals surface area (Å²) in [5, 5.41) is 0. The van der Waals surface area contributed by atoms with Crippen molar-refractivity contribution < 1.29 is 0 Å². The van der Waals surface area contributed by atoms with E-state index in [1.165, 1.54) is 5.56 Å². The molecule has 0 heterocycles. The molecule has 0 aromatic heterocycles. The first-order valence-electron chi connectivity index (χ1n) is 13.8. The highest BCUT2D eigenvalue weighted by Crippen LogP contribution is 2.52. The number of hydrogen-bond acceptors (Lipinski definition) is 0. The van der Waals surface area contributed by atoms with Gasteiger partial charge in [0.05, 0.1) is 0 Å². The Morgan fingerprint density at radius 1 is 0.457 bits per heavy atom. The summed E-state index contributed by atoms with van der Waals surface area (Å²) in [6.45, 7) is 38.9. The fraction of sp³-hybridized carbons (Fsp3) is 0.657. The van der Waals surface area contributed by atoms with Crippen molar-refractivity contribution in [2.75, 3.05) is 0 Å². The van der Waals surface area contributed by atoms with E-state index in [1.54, 1.807) is 33.4 Å². The Morgan fingerprint density at radius 3 is 1.03 bits per heavy atom. The predicted octanol–water partition coefficient (Wildman–Crippen LogP) is 10.5. The Hall–Kier alpha value is -1.56. The zero-order chi connectivity index (χ0) is 27.4. The minimum absolute atomic E-state index is 0.0464. The van der Waals surface area contributed by atoms with Crippen LogP contribution in [0.3, 0.4) is 0 Å². The lowest BCUT2D eigenvalue weighted by atomic mass is 9.58. The highest BCUT2D eigenvalue weighted by atomic mass is 14.5. The SMILES string of the molecule is CC(Cc1c(C(C)(C)C)c(C(C)(C)C)c(C(C)(C)C)c(C(C)(C)C)c1C(C)(C)C)c1ccccc1. The molecule has 0 nitrogen and oxygen atoms in total. The van der Waals surface area contributed by atoms with Gasteiger partial charge in [0.15, 0.2) is 0 Å². The van der Waals surface area contributed by atoms with Gasteiger partial charge in [-0.2, -0.15) is 0 Å². The van der Waals surface area contributed by atoms with Crippen LogP contribution in [0.5, 0.6) is 0 Å². The minimum Gasteiger partial charge on any atom is -0.0622 e. The van der Waals surface area contributed by atoms with Gasteiger partial charge in [-0.3, -0.25) is 0 Å². The molecular formula is C35H56. The van der Waals surface area contributed by atoms with Gasteiger partial charge in [0, 0.05) is 0 Å². The molecule has 0 radical (unpaired) electrons. The lowest BCUT2D eigenvalue weighted by Crippen LogP contribution is -2.37. The second-order valence-electron chi connectivity index (χ2n) is 16.1. The summed E-state index contributed by atoms with van der Waals surface area (Å²) in [5.41, 5.74) is 11.2. The molecule has 0 spiro atoms. The van der Waals surface area contributed by atoms with Crippen LogP contribution in [-0.4, -0.2) is 0 Å². The lowest BCUT2D eigenvalue weighted by Gasteiger charge is -2.46. The van der Waals surface area contributed by atoms with E-state index in [0.717, 1.165) is 6.42 Å². The molecule has 196 valence electrons. The van der Waals surface area contributed by atoms with Crippen molar-refractivity contribution in [2.45, 2.75) is 150 Å². The van der Waals surface area contributed by atoms with Crippen molar-refractivity contribution >= 4 is 0 Å². The molecule has 0 fully saturated rings. The first-order chi connectivity index (χ1) is 15.5. The molecule has 0 bridgehead atoms. The smallest absolute Gasteiger partial charge is 0.0126 e. The van der Waals surface area contributed by atoms with Crippen LogP contribution in [0.4, 0.5) is 0 Å². The van der Waals surface area contributed by atoms with Gasteiger partial charge in [-0.1, -0.05) is 141 Å². The zero-order valence-corrected chi connectivity index (χ0v) is 26.2. The molecule has 0 aliphatic heterocycles. The normalized spacial score (nSPS) is 14.9. The van der Waals surface area contributed by atoms with Gasteiger partial charge in [-0.15, -0.1) is 0 Å². The average Bonchev–Trinajstić information content (AvgIpc) is 2.63. The van der Waals surface area contributed by atoms with Crippen LogP contribution in [-0.2, 0) is 33.5 Å². The van der Waals surface area contributed by atoms with Crippen molar-refractivity contribution in [3.05, 3.63) is 69.3 Å². The van der Waals surface area contributed by atoms with E-state index in [4.69, 9.17) is 0 Å². The van der Waals surface area contributed by atoms with Crippen LogP contribution in [0.15, 0.2) is 30.3 Å². The third-order valence-corrected chi connectivity index (χ3v) is 7.23. The van der Waals surface area contributed by atoms with Crippen LogP contribution < -0.4 is 0 Å². The van der Waals surface area contributed by atoms with E-state index in [-0.39, 0.29) is 27.1 Å². The largest absolute Gasteiger partial charge is 0.0622 e. The lowest BCUT2D eigenvalue weighted by molar-refractivity contribution is 0.452. The summed E-state index contributed by atoms with van der Waals surface area (Å²) in [7, 11) is 0. The van der Waals surface area contributed by atoms with E-state index in [2.05, 4.69) is 141 Å². The highest BCUT2D eigenvalue weighted by molar-refractivity contribution is 5.62. The van der Waals surface area contributed by atoms with Gasteiger partial charge < -0.3 is 0 Å². The van der Waals surface area contributed by atoms with Gasteiger partial charge in [0.25, 0.3) is 0 Å². The van der Waals surface area contributed by atoms with Crippen molar-refractivity contribution in [3.8, 4) is 0 Å². The van der Waals surface area contributed by atoms with Crippen molar-refractivity contribution in [1.82, 2.24) is 0 Å². The second-order valence-corrected chi connectivity index (χ2v) is 16.1. The summed E-state index contributed by atoms with van der Waals surface area (Å²) in [6.07, 6.45) is 1.07. The number of rotatable bonds is 3. The Bertz CT molecular complexity index is 961. The van der Waals surface area contributed by atoms with Crippen LogP contribution in [0.1, 0.15) is 156 Å². The van der Waals surface area contributed by atoms with Crippen LogP contribution in [0.2, 0.25) is 0 Å². The van der Waals surface area contributed by atoms with E-state index >= 15 is 0 Å². The van der Waals surface area contributed by atoms with E-state index in [0.29, 0.717) is 5.92 Å². The fourth-order valence-corrected chi connectivity index (χ4v) is 6.12. The third kappa shape index (κ3) is 6.42. The minimum atomic E-state index is 0.0464. The highest BCUT2D eigenvalue weighted by Gasteiger charge is 2.42. The first kappa shape index (κ1) is 29.7. The second kappa shape index (κ2) is 9.39. The molecule has 0 heteroatoms. The topological polar surface area (TPSA) is 0 Å². The molecule has 2 rings (SSSR count). The van der Waals surface area contributed by atoms with Crippen LogP contribution >= 0.6 is 0 Å². The number of hydrogen-bond donors (Lipinski definition) is 0. The molecule has 2 aromatic rings. The van der Waals surface area contributed by atoms with Gasteiger partial charge >= 0.3 is 0 Å². The first-order valence-corrected chi connectivity index (χ1v) is 13.8. The number of benzene rings is 2. The van der Waals surface area contributed by atoms with Crippen molar-refractivity contribution in [2.24, 2.45) is 0 Å². The molecule has 0 amide bonds. The molecule has 35 heavy (non-hydrogen) atoms. The van der Waals surface area contributed by atoms with Gasteiger partial charge in [0.1, 0.15) is 0 Å². The average molecular weight is 477 g/mol. The summed E-state index contributed by atoms with van der Waals surface area (Å²) in [4.78, 5) is 0. The summed E-state index contributed by atoms with van der Waals surface area (Å²) < 4.78 is 0. The summed E-state index contributed by atoms with van der Waals surface area (Å²) in [5.74, 6) is 0.458. The summed E-state index contributed by atoms with van der Waals surface area (Å²) in [6, 6.07) is 11.1. The quantitative estimate of drug-likeness (QED) is 0.413. The fourth-order valence-electron chi connectivity index (χ4n) is 6.12. The van der Waals surface area contributed by atoms with E-state index in [1.807, 2.05) is 0 Å². The van der Waals surface area contributed by atoms with E-state index < -0.39 is 0 Å². The molecule has 2 aromatic carbocycles. The monoisotopic (exact) mass is 476 g/mol. The maximum atomic E-state index is 2.43. The van der Waals surface area contributed by atoms with Gasteiger partial charge in [0.2, 0.25) is 0 Å². The Kier molecular flexibility index (Phi) is 7.96. The van der Waals surface area contributed by atoms with Crippen LogP contribution in [0.25, 0.3) is 0 Å². The van der Waals surface area contributed by atoms with Gasteiger partial charge in [-0.05, 0) is 78.4 Å². The van der Waals surface area contributed by atoms with Gasteiger partial charge in [-0.25, -0.2) is 0 Å².